The maximum absolute atomic E-state index is 13.4. The van der Waals surface area contributed by atoms with Crippen molar-refractivity contribution < 1.29 is 74.8 Å². The van der Waals surface area contributed by atoms with Crippen molar-refractivity contribution >= 4 is 78.8 Å². The Morgan fingerprint density at radius 1 is 0.895 bits per heavy atom. The zero-order valence-corrected chi connectivity index (χ0v) is 46.0. The number of nitrogens with one attached hydrogen (secondary N) is 3. The monoisotopic (exact) mass is 1140 g/mol. The first-order chi connectivity index (χ1) is 36.3. The molecule has 22 nitrogen and oxygen atoms in total. The van der Waals surface area contributed by atoms with E-state index < -0.39 is 56.6 Å². The molecule has 76 heavy (non-hydrogen) atoms. The van der Waals surface area contributed by atoms with E-state index in [1.807, 2.05) is 48.1 Å². The SMILES string of the molecule is COCCC1(C)C2=Nc3c1cc(Br)c[n+]3CCOCCC(=O)NC(C(=O)NCCOCCC(=O)ON1C(=O)CCC1=O)CCNC(=O)CCOCCN1/C(=C/C=C/C=C2)C(C)(CCOC)c2cc(S(=O)(=O)[O-])cc(C)c21. The lowest BCUT2D eigenvalue weighted by Gasteiger charge is -2.30. The van der Waals surface area contributed by atoms with Crippen LogP contribution >= 0.6 is 15.9 Å². The molecule has 3 N–H and O–H groups in total. The molecule has 24 heteroatoms. The Kier molecular flexibility index (Phi) is 21.6. The fourth-order valence-corrected chi connectivity index (χ4v) is 10.5. The number of carbonyl (C=O) groups excluding carboxylic acids is 6. The highest BCUT2D eigenvalue weighted by molar-refractivity contribution is 9.10. The number of carbonyl (C=O) groups is 6. The van der Waals surface area contributed by atoms with Gasteiger partial charge in [-0.15, -0.1) is 5.06 Å². The van der Waals surface area contributed by atoms with Gasteiger partial charge in [0.1, 0.15) is 28.9 Å². The summed E-state index contributed by atoms with van der Waals surface area (Å²) in [6, 6.07) is 3.83. The number of hydrogen-bond acceptors (Lipinski definition) is 17. The van der Waals surface area contributed by atoms with Gasteiger partial charge < -0.3 is 53.9 Å². The predicted molar refractivity (Wildman–Crippen MR) is 278 cm³/mol. The highest BCUT2D eigenvalue weighted by Crippen LogP contribution is 2.52. The summed E-state index contributed by atoms with van der Waals surface area (Å²) < 4.78 is 68.6. The minimum Gasteiger partial charge on any atom is -0.744 e. The molecule has 414 valence electrons. The fourth-order valence-electron chi connectivity index (χ4n) is 9.39. The van der Waals surface area contributed by atoms with Crippen LogP contribution in [0.15, 0.2) is 74.8 Å². The summed E-state index contributed by atoms with van der Waals surface area (Å²) >= 11 is 3.69. The second-order valence-corrected chi connectivity index (χ2v) is 21.3. The van der Waals surface area contributed by atoms with Crippen LogP contribution in [0.1, 0.15) is 81.9 Å². The minimum absolute atomic E-state index is 0.00648. The van der Waals surface area contributed by atoms with Crippen LogP contribution in [0.3, 0.4) is 0 Å². The van der Waals surface area contributed by atoms with Crippen molar-refractivity contribution in [3.8, 4) is 0 Å². The molecule has 6 rings (SSSR count). The van der Waals surface area contributed by atoms with Gasteiger partial charge in [0.25, 0.3) is 11.8 Å². The summed E-state index contributed by atoms with van der Waals surface area (Å²) in [5, 5.41) is 8.70. The van der Waals surface area contributed by atoms with Gasteiger partial charge in [-0.25, -0.2) is 17.8 Å². The molecule has 3 unspecified atom stereocenters. The van der Waals surface area contributed by atoms with Gasteiger partial charge >= 0.3 is 11.8 Å². The van der Waals surface area contributed by atoms with E-state index in [-0.39, 0.29) is 102 Å². The number of nitrogens with zero attached hydrogens (tertiary/aromatic N) is 4. The molecule has 4 aliphatic rings. The van der Waals surface area contributed by atoms with Crippen LogP contribution in [0.4, 0.5) is 11.5 Å². The van der Waals surface area contributed by atoms with Crippen LogP contribution in [-0.4, -0.2) is 152 Å². The summed E-state index contributed by atoms with van der Waals surface area (Å²) in [5.74, 6) is -2.63. The van der Waals surface area contributed by atoms with E-state index in [1.54, 1.807) is 21.1 Å². The number of ether oxygens (including phenoxy) is 5. The first kappa shape index (κ1) is 59.5. The Labute approximate surface area is 451 Å². The van der Waals surface area contributed by atoms with Crippen LogP contribution < -0.4 is 25.4 Å². The van der Waals surface area contributed by atoms with Gasteiger partial charge in [-0.2, -0.15) is 0 Å². The number of amides is 5. The van der Waals surface area contributed by atoms with E-state index in [1.165, 1.54) is 12.1 Å². The number of benzene rings is 1. The molecule has 3 atom stereocenters. The third kappa shape index (κ3) is 15.3. The number of anilines is 1. The van der Waals surface area contributed by atoms with Crippen molar-refractivity contribution in [3.05, 3.63) is 81.6 Å². The number of aromatic nitrogens is 1. The number of fused-ring (bicyclic) bond motifs is 3. The molecule has 4 aliphatic heterocycles. The van der Waals surface area contributed by atoms with Gasteiger partial charge in [0.05, 0.1) is 66.4 Å². The van der Waals surface area contributed by atoms with E-state index in [2.05, 4.69) is 49.8 Å². The van der Waals surface area contributed by atoms with Gasteiger partial charge in [-0.05, 0) is 102 Å². The second kappa shape index (κ2) is 27.5. The van der Waals surface area contributed by atoms with Gasteiger partial charge in [-0.3, -0.25) is 24.0 Å². The number of hydroxylamine groups is 2. The summed E-state index contributed by atoms with van der Waals surface area (Å²) in [6.07, 6.45) is 12.3. The lowest BCUT2D eigenvalue weighted by atomic mass is 9.77. The molecule has 1 aromatic carbocycles. The molecule has 1 fully saturated rings. The Hall–Kier alpha value is -5.73. The fraction of sp³-hybridized carbons (Fsp3) is 0.538. The number of rotatable bonds is 15. The van der Waals surface area contributed by atoms with Gasteiger partial charge in [0.15, 0.2) is 5.71 Å². The van der Waals surface area contributed by atoms with E-state index in [9.17, 15) is 41.7 Å². The highest BCUT2D eigenvalue weighted by atomic mass is 79.9. The van der Waals surface area contributed by atoms with E-state index in [0.29, 0.717) is 55.3 Å². The van der Waals surface area contributed by atoms with Crippen LogP contribution in [0.5, 0.6) is 0 Å². The molecule has 2 bridgehead atoms. The molecule has 0 saturated carbocycles. The molecule has 5 heterocycles. The number of aryl methyl sites for hydroxylation is 1. The van der Waals surface area contributed by atoms with Crippen molar-refractivity contribution in [3.63, 3.8) is 0 Å². The smallest absolute Gasteiger partial charge is 0.335 e. The summed E-state index contributed by atoms with van der Waals surface area (Å²) in [5.41, 5.74) is 3.26. The third-order valence-corrected chi connectivity index (χ3v) is 14.8. The topological polar surface area (TPSA) is 274 Å². The molecule has 1 saturated heterocycles. The standard InChI is InChI=1S/C52H68BrN7O15S/c1-35-31-37(76(67,68)69)33-38-48(35)59-22-30-74-23-14-43(61)54-19-13-40(50(66)55-20-28-72-25-16-47(65)75-60-45(63)11-12-46(60)64)56-44(62)15-24-73-29-21-58-34-36(53)32-39-49(58)57-41(51(39,2)17-26-70-4)9-7-6-8-10-42(59)52(38,3)18-27-71-5/h6-10,31-34,40H,11-30H2,1-5H3,(H3-,54,55,56,61,62,66,67,68,69). The highest BCUT2D eigenvalue weighted by Gasteiger charge is 2.47. The maximum atomic E-state index is 13.4. The zero-order chi connectivity index (χ0) is 55.0. The third-order valence-electron chi connectivity index (χ3n) is 13.6. The number of aliphatic imine (C=N–C) groups is 1. The molecular formula is C52H68BrN7O15S. The lowest BCUT2D eigenvalue weighted by molar-refractivity contribution is -0.686. The molecule has 0 radical (unpaired) electrons. The number of allylic oxidation sites excluding steroid dienone is 6. The molecule has 0 aliphatic carbocycles. The first-order valence-electron chi connectivity index (χ1n) is 25.2. The lowest BCUT2D eigenvalue weighted by Crippen LogP contribution is -2.49. The van der Waals surface area contributed by atoms with E-state index in [4.69, 9.17) is 33.5 Å². The zero-order valence-electron chi connectivity index (χ0n) is 43.6. The largest absolute Gasteiger partial charge is 0.744 e. The molecular weight excluding hydrogens is 1070 g/mol. The number of methoxy groups -OCH3 is 2. The summed E-state index contributed by atoms with van der Waals surface area (Å²) in [4.78, 5) is 87.1. The minimum atomic E-state index is -4.80. The van der Waals surface area contributed by atoms with Crippen molar-refractivity contribution in [2.45, 2.75) is 100 Å². The number of halogens is 1. The summed E-state index contributed by atoms with van der Waals surface area (Å²) in [6.45, 7) is 7.78. The van der Waals surface area contributed by atoms with Crippen molar-refractivity contribution in [1.82, 2.24) is 21.0 Å². The molecule has 5 amide bonds. The summed E-state index contributed by atoms with van der Waals surface area (Å²) in [7, 11) is -1.56. The number of imide groups is 1. The maximum Gasteiger partial charge on any atom is 0.335 e. The normalized spacial score (nSPS) is 23.3. The van der Waals surface area contributed by atoms with Gasteiger partial charge in [0.2, 0.25) is 17.7 Å². The molecule has 2 aromatic rings. The van der Waals surface area contributed by atoms with Crippen LogP contribution in [0.2, 0.25) is 0 Å². The quantitative estimate of drug-likeness (QED) is 0.100. The first-order valence-corrected chi connectivity index (χ1v) is 27.4. The number of hydrogen-bond donors (Lipinski definition) is 3. The average Bonchev–Trinajstić information content (AvgIpc) is 4.06. The van der Waals surface area contributed by atoms with Gasteiger partial charge in [0, 0.05) is 89.6 Å². The van der Waals surface area contributed by atoms with Crippen LogP contribution in [0.25, 0.3) is 0 Å². The molecule has 0 spiro atoms. The van der Waals surface area contributed by atoms with Crippen molar-refractivity contribution in [1.29, 1.82) is 0 Å². The predicted octanol–water partition coefficient (Wildman–Crippen LogP) is 3.09. The van der Waals surface area contributed by atoms with E-state index >= 15 is 0 Å². The van der Waals surface area contributed by atoms with Crippen LogP contribution in [0, 0.1) is 6.92 Å². The number of pyridine rings is 1. The van der Waals surface area contributed by atoms with E-state index in [0.717, 1.165) is 33.0 Å². The van der Waals surface area contributed by atoms with Gasteiger partial charge in [-0.1, -0.05) is 18.2 Å². The Morgan fingerprint density at radius 3 is 2.30 bits per heavy atom. The van der Waals surface area contributed by atoms with Crippen LogP contribution in [-0.2, 0) is 84.8 Å². The molecule has 1 aromatic heterocycles. The Morgan fingerprint density at radius 2 is 1.59 bits per heavy atom. The Bertz CT molecular complexity index is 2720. The Balaban J connectivity index is 1.20. The second-order valence-electron chi connectivity index (χ2n) is 19.0. The van der Waals surface area contributed by atoms with Crippen molar-refractivity contribution in [2.75, 3.05) is 91.6 Å². The van der Waals surface area contributed by atoms with Crippen molar-refractivity contribution in [2.24, 2.45) is 4.99 Å². The average molecular weight is 1140 g/mol.